The molecule has 0 heterocycles. The number of aryl methyl sites for hydroxylation is 1. The van der Waals surface area contributed by atoms with Crippen molar-refractivity contribution in [1.29, 1.82) is 0 Å². The molecule has 2 aromatic rings. The SMILES string of the molecule is Cc1ccccc1OCCN(C)C(=O)c1ccccc1. The van der Waals surface area contributed by atoms with Gasteiger partial charge in [0.25, 0.3) is 5.91 Å². The summed E-state index contributed by atoms with van der Waals surface area (Å²) < 4.78 is 5.70. The summed E-state index contributed by atoms with van der Waals surface area (Å²) in [6.45, 7) is 3.05. The zero-order valence-electron chi connectivity index (χ0n) is 11.9. The molecule has 0 bridgehead atoms. The van der Waals surface area contributed by atoms with Gasteiger partial charge in [-0.15, -0.1) is 0 Å². The maximum Gasteiger partial charge on any atom is 0.253 e. The molecule has 0 saturated carbocycles. The first kappa shape index (κ1) is 14.1. The fourth-order valence-electron chi connectivity index (χ4n) is 1.91. The number of benzene rings is 2. The number of likely N-dealkylation sites (N-methyl/N-ethyl adjacent to an activating group) is 1. The summed E-state index contributed by atoms with van der Waals surface area (Å²) in [5, 5.41) is 0. The summed E-state index contributed by atoms with van der Waals surface area (Å²) in [5.74, 6) is 0.882. The summed E-state index contributed by atoms with van der Waals surface area (Å²) in [5.41, 5.74) is 1.80. The number of nitrogens with zero attached hydrogens (tertiary/aromatic N) is 1. The Morgan fingerprint density at radius 3 is 2.40 bits per heavy atom. The van der Waals surface area contributed by atoms with Crippen molar-refractivity contribution >= 4 is 5.91 Å². The number of rotatable bonds is 5. The Bertz CT molecular complexity index is 566. The first-order chi connectivity index (χ1) is 9.68. The van der Waals surface area contributed by atoms with Gasteiger partial charge in [-0.2, -0.15) is 0 Å². The fourth-order valence-corrected chi connectivity index (χ4v) is 1.91. The fraction of sp³-hybridized carbons (Fsp3) is 0.235. The van der Waals surface area contributed by atoms with Gasteiger partial charge in [-0.25, -0.2) is 0 Å². The molecule has 20 heavy (non-hydrogen) atoms. The van der Waals surface area contributed by atoms with Gasteiger partial charge in [-0.3, -0.25) is 4.79 Å². The summed E-state index contributed by atoms with van der Waals surface area (Å²) in [6.07, 6.45) is 0. The number of para-hydroxylation sites is 1. The van der Waals surface area contributed by atoms with Crippen molar-refractivity contribution in [3.05, 3.63) is 65.7 Å². The topological polar surface area (TPSA) is 29.5 Å². The minimum absolute atomic E-state index is 0.0129. The normalized spacial score (nSPS) is 10.1. The Labute approximate surface area is 119 Å². The maximum atomic E-state index is 12.1. The van der Waals surface area contributed by atoms with Gasteiger partial charge in [0.05, 0.1) is 6.54 Å². The van der Waals surface area contributed by atoms with Gasteiger partial charge in [-0.05, 0) is 30.7 Å². The van der Waals surface area contributed by atoms with Crippen molar-refractivity contribution in [2.75, 3.05) is 20.2 Å². The Hall–Kier alpha value is -2.29. The van der Waals surface area contributed by atoms with Crippen LogP contribution in [0.3, 0.4) is 0 Å². The maximum absolute atomic E-state index is 12.1. The van der Waals surface area contributed by atoms with Crippen LogP contribution < -0.4 is 4.74 Å². The van der Waals surface area contributed by atoms with Crippen molar-refractivity contribution in [3.8, 4) is 5.75 Å². The predicted molar refractivity (Wildman–Crippen MR) is 80.1 cm³/mol. The second-order valence-electron chi connectivity index (χ2n) is 4.71. The standard InChI is InChI=1S/C17H19NO2/c1-14-8-6-7-11-16(14)20-13-12-18(2)17(19)15-9-4-3-5-10-15/h3-11H,12-13H2,1-2H3. The summed E-state index contributed by atoms with van der Waals surface area (Å²) >= 11 is 0. The molecule has 0 aliphatic carbocycles. The molecule has 0 spiro atoms. The molecule has 0 aliphatic rings. The molecule has 0 aromatic heterocycles. The van der Waals surface area contributed by atoms with Gasteiger partial charge in [0.15, 0.2) is 0 Å². The summed E-state index contributed by atoms with van der Waals surface area (Å²) in [4.78, 5) is 13.8. The van der Waals surface area contributed by atoms with Crippen LogP contribution in [0.4, 0.5) is 0 Å². The van der Waals surface area contributed by atoms with Crippen LogP contribution in [0.15, 0.2) is 54.6 Å². The van der Waals surface area contributed by atoms with Crippen LogP contribution >= 0.6 is 0 Å². The highest BCUT2D eigenvalue weighted by Crippen LogP contribution is 2.15. The molecule has 104 valence electrons. The van der Waals surface area contributed by atoms with E-state index in [2.05, 4.69) is 0 Å². The molecule has 0 atom stereocenters. The smallest absolute Gasteiger partial charge is 0.253 e. The van der Waals surface area contributed by atoms with Crippen molar-refractivity contribution < 1.29 is 9.53 Å². The van der Waals surface area contributed by atoms with Gasteiger partial charge in [0, 0.05) is 12.6 Å². The molecule has 2 rings (SSSR count). The second-order valence-corrected chi connectivity index (χ2v) is 4.71. The molecule has 0 unspecified atom stereocenters. The first-order valence-electron chi connectivity index (χ1n) is 6.67. The highest BCUT2D eigenvalue weighted by atomic mass is 16.5. The van der Waals surface area contributed by atoms with Crippen molar-refractivity contribution in [1.82, 2.24) is 4.90 Å². The van der Waals surface area contributed by atoms with Crippen LogP contribution in [0.25, 0.3) is 0 Å². The van der Waals surface area contributed by atoms with Crippen molar-refractivity contribution in [3.63, 3.8) is 0 Å². The number of ether oxygens (including phenoxy) is 1. The van der Waals surface area contributed by atoms with Crippen LogP contribution in [0.2, 0.25) is 0 Å². The van der Waals surface area contributed by atoms with Crippen LogP contribution in [0, 0.1) is 6.92 Å². The molecule has 0 radical (unpaired) electrons. The van der Waals surface area contributed by atoms with E-state index in [0.717, 1.165) is 11.3 Å². The highest BCUT2D eigenvalue weighted by molar-refractivity contribution is 5.93. The Morgan fingerprint density at radius 1 is 1.05 bits per heavy atom. The minimum Gasteiger partial charge on any atom is -0.491 e. The van der Waals surface area contributed by atoms with E-state index in [1.54, 1.807) is 11.9 Å². The van der Waals surface area contributed by atoms with Crippen molar-refractivity contribution in [2.45, 2.75) is 6.92 Å². The van der Waals surface area contributed by atoms with E-state index < -0.39 is 0 Å². The zero-order valence-corrected chi connectivity index (χ0v) is 11.9. The third-order valence-electron chi connectivity index (χ3n) is 3.15. The largest absolute Gasteiger partial charge is 0.491 e. The molecule has 1 amide bonds. The Balaban J connectivity index is 1.85. The van der Waals surface area contributed by atoms with Gasteiger partial charge in [0.2, 0.25) is 0 Å². The number of carbonyl (C=O) groups is 1. The van der Waals surface area contributed by atoms with E-state index in [-0.39, 0.29) is 5.91 Å². The number of hydrogen-bond donors (Lipinski definition) is 0. The highest BCUT2D eigenvalue weighted by Gasteiger charge is 2.10. The van der Waals surface area contributed by atoms with Gasteiger partial charge in [-0.1, -0.05) is 36.4 Å². The predicted octanol–water partition coefficient (Wildman–Crippen LogP) is 3.15. The van der Waals surface area contributed by atoms with Crippen LogP contribution in [0.1, 0.15) is 15.9 Å². The van der Waals surface area contributed by atoms with E-state index in [1.807, 2.05) is 61.5 Å². The second kappa shape index (κ2) is 6.75. The average molecular weight is 269 g/mol. The third kappa shape index (κ3) is 3.60. The van der Waals surface area contributed by atoms with Gasteiger partial charge < -0.3 is 9.64 Å². The Kier molecular flexibility index (Phi) is 4.77. The average Bonchev–Trinajstić information content (AvgIpc) is 2.49. The third-order valence-corrected chi connectivity index (χ3v) is 3.15. The van der Waals surface area contributed by atoms with E-state index in [0.29, 0.717) is 18.7 Å². The zero-order chi connectivity index (χ0) is 14.4. The molecular weight excluding hydrogens is 250 g/mol. The number of amides is 1. The molecule has 3 heteroatoms. The monoisotopic (exact) mass is 269 g/mol. The molecule has 3 nitrogen and oxygen atoms in total. The quantitative estimate of drug-likeness (QED) is 0.834. The lowest BCUT2D eigenvalue weighted by Crippen LogP contribution is -2.30. The lowest BCUT2D eigenvalue weighted by atomic mass is 10.2. The molecule has 2 aromatic carbocycles. The number of carbonyl (C=O) groups excluding carboxylic acids is 1. The number of hydrogen-bond acceptors (Lipinski definition) is 2. The van der Waals surface area contributed by atoms with E-state index in [9.17, 15) is 4.79 Å². The molecule has 0 fully saturated rings. The van der Waals surface area contributed by atoms with Gasteiger partial charge >= 0.3 is 0 Å². The van der Waals surface area contributed by atoms with Crippen LogP contribution in [0.5, 0.6) is 5.75 Å². The van der Waals surface area contributed by atoms with Crippen LogP contribution in [-0.2, 0) is 0 Å². The summed E-state index contributed by atoms with van der Waals surface area (Å²) in [6, 6.07) is 17.1. The molecule has 0 N–H and O–H groups in total. The van der Waals surface area contributed by atoms with E-state index in [1.165, 1.54) is 0 Å². The van der Waals surface area contributed by atoms with E-state index in [4.69, 9.17) is 4.74 Å². The van der Waals surface area contributed by atoms with Crippen molar-refractivity contribution in [2.24, 2.45) is 0 Å². The molecule has 0 saturated heterocycles. The minimum atomic E-state index is 0.0129. The summed E-state index contributed by atoms with van der Waals surface area (Å²) in [7, 11) is 1.79. The molecular formula is C17H19NO2. The molecule has 0 aliphatic heterocycles. The lowest BCUT2D eigenvalue weighted by Gasteiger charge is -2.18. The Morgan fingerprint density at radius 2 is 1.70 bits per heavy atom. The van der Waals surface area contributed by atoms with Crippen LogP contribution in [-0.4, -0.2) is 31.0 Å². The van der Waals surface area contributed by atoms with E-state index >= 15 is 0 Å². The first-order valence-corrected chi connectivity index (χ1v) is 6.67. The lowest BCUT2D eigenvalue weighted by molar-refractivity contribution is 0.0773. The van der Waals surface area contributed by atoms with Gasteiger partial charge in [0.1, 0.15) is 12.4 Å².